The lowest BCUT2D eigenvalue weighted by atomic mass is 9.96. The van der Waals surface area contributed by atoms with Crippen LogP contribution in [0.5, 0.6) is 5.75 Å². The van der Waals surface area contributed by atoms with E-state index in [9.17, 15) is 8.78 Å². The van der Waals surface area contributed by atoms with E-state index < -0.39 is 11.6 Å². The largest absolute Gasteiger partial charge is 0.487 e. The number of halogens is 2. The highest BCUT2D eigenvalue weighted by molar-refractivity contribution is 5.39. The summed E-state index contributed by atoms with van der Waals surface area (Å²) in [5.74, 6) is -0.993. The van der Waals surface area contributed by atoms with E-state index in [1.165, 1.54) is 6.07 Å². The fourth-order valence-corrected chi connectivity index (χ4v) is 2.11. The third-order valence-electron chi connectivity index (χ3n) is 2.75. The van der Waals surface area contributed by atoms with Crippen LogP contribution in [0, 0.1) is 11.6 Å². The number of ether oxygens (including phenoxy) is 1. The van der Waals surface area contributed by atoms with E-state index in [1.807, 2.05) is 13.8 Å². The molecule has 1 N–H and O–H groups in total. The number of benzene rings is 1. The summed E-state index contributed by atoms with van der Waals surface area (Å²) in [6.45, 7) is 4.61. The highest BCUT2D eigenvalue weighted by Crippen LogP contribution is 2.37. The lowest BCUT2D eigenvalue weighted by Gasteiger charge is -2.31. The minimum atomic E-state index is -0.621. The van der Waals surface area contributed by atoms with Gasteiger partial charge in [0.05, 0.1) is 6.10 Å². The molecule has 1 aromatic carbocycles. The van der Waals surface area contributed by atoms with Crippen molar-refractivity contribution in [2.75, 3.05) is 6.54 Å². The first-order valence-electron chi connectivity index (χ1n) is 5.50. The van der Waals surface area contributed by atoms with E-state index in [2.05, 4.69) is 5.32 Å². The zero-order valence-corrected chi connectivity index (χ0v) is 9.39. The summed E-state index contributed by atoms with van der Waals surface area (Å²) in [4.78, 5) is 0. The molecule has 2 rings (SSSR count). The Morgan fingerprint density at radius 1 is 1.44 bits per heavy atom. The van der Waals surface area contributed by atoms with Crippen molar-refractivity contribution in [3.8, 4) is 5.75 Å². The van der Waals surface area contributed by atoms with Crippen LogP contribution in [0.3, 0.4) is 0 Å². The van der Waals surface area contributed by atoms with Crippen molar-refractivity contribution in [3.05, 3.63) is 29.3 Å². The molecule has 0 saturated heterocycles. The molecule has 0 bridgehead atoms. The third-order valence-corrected chi connectivity index (χ3v) is 2.75. The molecule has 1 aliphatic rings. The SMILES string of the molecule is CCNC1CC(C)Oc2c(F)cc(F)cc21. The predicted molar refractivity (Wildman–Crippen MR) is 57.5 cm³/mol. The second-order valence-corrected chi connectivity index (χ2v) is 4.08. The van der Waals surface area contributed by atoms with E-state index in [1.54, 1.807) is 0 Å². The molecule has 2 atom stereocenters. The standard InChI is InChI=1S/C12H15F2NO/c1-3-15-11-4-7(2)16-12-9(11)5-8(13)6-10(12)14/h5-7,11,15H,3-4H2,1-2H3. The first kappa shape index (κ1) is 11.3. The van der Waals surface area contributed by atoms with Gasteiger partial charge in [-0.05, 0) is 19.5 Å². The van der Waals surface area contributed by atoms with E-state index in [0.717, 1.165) is 19.0 Å². The van der Waals surface area contributed by atoms with Crippen LogP contribution in [0.25, 0.3) is 0 Å². The second kappa shape index (κ2) is 4.37. The van der Waals surface area contributed by atoms with Gasteiger partial charge in [0.1, 0.15) is 5.82 Å². The molecule has 1 heterocycles. The minimum absolute atomic E-state index is 0.0334. The maximum absolute atomic E-state index is 13.5. The smallest absolute Gasteiger partial charge is 0.168 e. The Hall–Kier alpha value is -1.16. The number of nitrogens with one attached hydrogen (secondary N) is 1. The van der Waals surface area contributed by atoms with Crippen LogP contribution in [0.15, 0.2) is 12.1 Å². The molecule has 0 spiro atoms. The van der Waals surface area contributed by atoms with Crippen molar-refractivity contribution in [1.29, 1.82) is 0 Å². The van der Waals surface area contributed by atoms with Crippen LogP contribution < -0.4 is 10.1 Å². The van der Waals surface area contributed by atoms with E-state index in [-0.39, 0.29) is 17.9 Å². The van der Waals surface area contributed by atoms with Crippen molar-refractivity contribution in [2.24, 2.45) is 0 Å². The molecule has 2 unspecified atom stereocenters. The summed E-state index contributed by atoms with van der Waals surface area (Å²) in [6, 6.07) is 2.17. The lowest BCUT2D eigenvalue weighted by Crippen LogP contribution is -2.32. The fraction of sp³-hybridized carbons (Fsp3) is 0.500. The highest BCUT2D eigenvalue weighted by Gasteiger charge is 2.28. The number of hydrogen-bond acceptors (Lipinski definition) is 2. The van der Waals surface area contributed by atoms with Gasteiger partial charge in [0.2, 0.25) is 0 Å². The Morgan fingerprint density at radius 2 is 2.19 bits per heavy atom. The molecule has 0 aliphatic carbocycles. The molecular formula is C12H15F2NO. The van der Waals surface area contributed by atoms with E-state index in [0.29, 0.717) is 5.56 Å². The number of hydrogen-bond donors (Lipinski definition) is 1. The Kier molecular flexibility index (Phi) is 3.10. The van der Waals surface area contributed by atoms with E-state index >= 15 is 0 Å². The topological polar surface area (TPSA) is 21.3 Å². The van der Waals surface area contributed by atoms with Gasteiger partial charge in [0, 0.05) is 24.1 Å². The zero-order valence-electron chi connectivity index (χ0n) is 9.39. The third kappa shape index (κ3) is 2.02. The van der Waals surface area contributed by atoms with Crippen LogP contribution in [0.2, 0.25) is 0 Å². The molecule has 0 saturated carbocycles. The van der Waals surface area contributed by atoms with Crippen LogP contribution >= 0.6 is 0 Å². The Balaban J connectivity index is 2.43. The van der Waals surface area contributed by atoms with Crippen molar-refractivity contribution >= 4 is 0 Å². The van der Waals surface area contributed by atoms with Gasteiger partial charge >= 0.3 is 0 Å². The van der Waals surface area contributed by atoms with Crippen LogP contribution in [0.1, 0.15) is 31.9 Å². The average Bonchev–Trinajstić information content (AvgIpc) is 2.20. The number of rotatable bonds is 2. The Labute approximate surface area is 93.6 Å². The molecule has 1 aliphatic heterocycles. The fourth-order valence-electron chi connectivity index (χ4n) is 2.11. The van der Waals surface area contributed by atoms with Gasteiger partial charge in [-0.3, -0.25) is 0 Å². The van der Waals surface area contributed by atoms with Crippen molar-refractivity contribution in [1.82, 2.24) is 5.32 Å². The summed E-state index contributed by atoms with van der Waals surface area (Å²) in [7, 11) is 0. The molecule has 0 amide bonds. The molecule has 1 aromatic rings. The van der Waals surface area contributed by atoms with Crippen LogP contribution in [-0.2, 0) is 0 Å². The summed E-state index contributed by atoms with van der Waals surface area (Å²) >= 11 is 0. The molecule has 0 fully saturated rings. The molecule has 4 heteroatoms. The van der Waals surface area contributed by atoms with Crippen LogP contribution in [-0.4, -0.2) is 12.6 Å². The van der Waals surface area contributed by atoms with Gasteiger partial charge in [-0.15, -0.1) is 0 Å². The Bertz CT molecular complexity index is 395. The first-order chi connectivity index (χ1) is 7.61. The molecule has 0 aromatic heterocycles. The van der Waals surface area contributed by atoms with Gasteiger partial charge in [-0.1, -0.05) is 6.92 Å². The normalized spacial score (nSPS) is 23.8. The average molecular weight is 227 g/mol. The van der Waals surface area contributed by atoms with Gasteiger partial charge in [-0.2, -0.15) is 0 Å². The van der Waals surface area contributed by atoms with E-state index in [4.69, 9.17) is 4.74 Å². The summed E-state index contributed by atoms with van der Waals surface area (Å²) in [5, 5.41) is 3.21. The molecule has 0 radical (unpaired) electrons. The quantitative estimate of drug-likeness (QED) is 0.838. The predicted octanol–water partition coefficient (Wildman–Crippen LogP) is 2.79. The summed E-state index contributed by atoms with van der Waals surface area (Å²) in [5.41, 5.74) is 0.581. The molecule has 2 nitrogen and oxygen atoms in total. The van der Waals surface area contributed by atoms with Gasteiger partial charge in [-0.25, -0.2) is 8.78 Å². The summed E-state index contributed by atoms with van der Waals surface area (Å²) < 4.78 is 32.1. The maximum atomic E-state index is 13.5. The minimum Gasteiger partial charge on any atom is -0.487 e. The van der Waals surface area contributed by atoms with Gasteiger partial charge in [0.25, 0.3) is 0 Å². The molecule has 16 heavy (non-hydrogen) atoms. The molecule has 88 valence electrons. The van der Waals surface area contributed by atoms with Crippen molar-refractivity contribution in [2.45, 2.75) is 32.4 Å². The monoisotopic (exact) mass is 227 g/mol. The second-order valence-electron chi connectivity index (χ2n) is 4.08. The number of fused-ring (bicyclic) bond motifs is 1. The highest BCUT2D eigenvalue weighted by atomic mass is 19.1. The maximum Gasteiger partial charge on any atom is 0.168 e. The lowest BCUT2D eigenvalue weighted by molar-refractivity contribution is 0.158. The van der Waals surface area contributed by atoms with Crippen molar-refractivity contribution < 1.29 is 13.5 Å². The van der Waals surface area contributed by atoms with Gasteiger partial charge < -0.3 is 10.1 Å². The Morgan fingerprint density at radius 3 is 2.88 bits per heavy atom. The zero-order chi connectivity index (χ0) is 11.7. The van der Waals surface area contributed by atoms with Crippen LogP contribution in [0.4, 0.5) is 8.78 Å². The summed E-state index contributed by atoms with van der Waals surface area (Å²) in [6.07, 6.45) is 0.667. The first-order valence-corrected chi connectivity index (χ1v) is 5.50. The van der Waals surface area contributed by atoms with Gasteiger partial charge in [0.15, 0.2) is 11.6 Å². The van der Waals surface area contributed by atoms with Crippen molar-refractivity contribution in [3.63, 3.8) is 0 Å². The molecular weight excluding hydrogens is 212 g/mol.